The summed E-state index contributed by atoms with van der Waals surface area (Å²) in [6.45, 7) is 0. The number of rotatable bonds is 0. The minimum absolute atomic E-state index is 0. The van der Waals surface area contributed by atoms with Gasteiger partial charge in [-0.2, -0.15) is 0 Å². The van der Waals surface area contributed by atoms with Crippen LogP contribution in [-0.4, -0.2) is 37.7 Å². The standard InChI is InChI=1S/Ca.Mn.O.Yb/q2*+2;-2;+3. The fraction of sp³-hybridized carbons (Fsp3) is 0. The van der Waals surface area contributed by atoms with Crippen molar-refractivity contribution in [2.45, 2.75) is 0 Å². The van der Waals surface area contributed by atoms with E-state index in [0.717, 1.165) is 0 Å². The molecule has 0 atom stereocenters. The van der Waals surface area contributed by atoms with E-state index in [4.69, 9.17) is 0 Å². The number of hydrogen-bond donors (Lipinski definition) is 0. The maximum Gasteiger partial charge on any atom is 3.00 e. The Morgan fingerprint density at radius 3 is 1.00 bits per heavy atom. The van der Waals surface area contributed by atoms with Gasteiger partial charge < -0.3 is 5.48 Å². The molecule has 0 saturated heterocycles. The molecule has 4 heavy (non-hydrogen) atoms. The quantitative estimate of drug-likeness (QED) is 0.537. The van der Waals surface area contributed by atoms with Gasteiger partial charge in [-0.15, -0.1) is 0 Å². The van der Waals surface area contributed by atoms with E-state index in [1.165, 1.54) is 0 Å². The van der Waals surface area contributed by atoms with Crippen molar-refractivity contribution in [2.24, 2.45) is 0 Å². The Hall–Kier alpha value is 3.26. The molecule has 1 nitrogen and oxygen atoms in total. The van der Waals surface area contributed by atoms with Crippen LogP contribution in [0.25, 0.3) is 0 Å². The molecule has 24 valence electrons. The zero-order valence-electron chi connectivity index (χ0n) is 1.76. The fourth-order valence-corrected chi connectivity index (χ4v) is 0. The van der Waals surface area contributed by atoms with E-state index in [1.54, 1.807) is 0 Å². The molecule has 0 amide bonds. The normalized spacial score (nSPS) is 0. The Morgan fingerprint density at radius 2 is 1.00 bits per heavy atom. The Balaban J connectivity index is 0. The summed E-state index contributed by atoms with van der Waals surface area (Å²) in [7, 11) is 0. The fourth-order valence-electron chi connectivity index (χ4n) is 0. The molecule has 0 fully saturated rings. The van der Waals surface area contributed by atoms with Gasteiger partial charge in [0.1, 0.15) is 0 Å². The molecule has 0 aromatic rings. The van der Waals surface area contributed by atoms with Crippen molar-refractivity contribution in [3.05, 3.63) is 0 Å². The molecule has 2 radical (unpaired) electrons. The summed E-state index contributed by atoms with van der Waals surface area (Å²) in [4.78, 5) is 0. The monoisotopic (exact) mass is 285 g/mol. The summed E-state index contributed by atoms with van der Waals surface area (Å²) in [5.41, 5.74) is 0. The van der Waals surface area contributed by atoms with Crippen LogP contribution in [0.3, 0.4) is 0 Å². The molecular weight excluding hydrogens is 284 g/mol. The maximum absolute atomic E-state index is 0. The first-order valence-electron chi connectivity index (χ1n) is 0. The van der Waals surface area contributed by atoms with E-state index in [2.05, 4.69) is 0 Å². The summed E-state index contributed by atoms with van der Waals surface area (Å²) >= 11 is 0. The van der Waals surface area contributed by atoms with Gasteiger partial charge in [0.15, 0.2) is 0 Å². The summed E-state index contributed by atoms with van der Waals surface area (Å²) in [6.07, 6.45) is 0. The Labute approximate surface area is 104 Å². The zero-order valence-corrected chi connectivity index (χ0v) is 6.86. The first-order chi connectivity index (χ1) is 0. The molecule has 0 rings (SSSR count). The van der Waals surface area contributed by atoms with Crippen LogP contribution in [0.5, 0.6) is 0 Å². The largest absolute Gasteiger partial charge is 3.00 e. The smallest absolute Gasteiger partial charge is 2.00 e. The third kappa shape index (κ3) is 8.98. The van der Waals surface area contributed by atoms with Gasteiger partial charge in [0, 0.05) is 0 Å². The topological polar surface area (TPSA) is 28.5 Å². The molecule has 4 heteroatoms. The van der Waals surface area contributed by atoms with E-state index in [0.29, 0.717) is 0 Å². The summed E-state index contributed by atoms with van der Waals surface area (Å²) in [5.74, 6) is 0. The van der Waals surface area contributed by atoms with Gasteiger partial charge in [0.25, 0.3) is 0 Å². The minimum Gasteiger partial charge on any atom is -2.00 e. The Kier molecular flexibility index (Phi) is 109. The zero-order chi connectivity index (χ0) is 0. The maximum atomic E-state index is 0. The third-order valence-corrected chi connectivity index (χ3v) is 0. The van der Waals surface area contributed by atoms with Crippen molar-refractivity contribution in [3.8, 4) is 0 Å². The molecule has 0 aliphatic carbocycles. The molecule has 0 aromatic heterocycles. The van der Waals surface area contributed by atoms with Crippen LogP contribution in [0.1, 0.15) is 0 Å². The third-order valence-electron chi connectivity index (χ3n) is 0. The molecular formula is CaMnOYb+5. The van der Waals surface area contributed by atoms with Crippen LogP contribution < -0.4 is 0 Å². The van der Waals surface area contributed by atoms with Gasteiger partial charge in [-0.25, -0.2) is 0 Å². The van der Waals surface area contributed by atoms with Gasteiger partial charge in [-0.05, 0) is 0 Å². The SMILES string of the molecule is [Ca+2].[Mn+2].[O-2].[Yb+3]. The Morgan fingerprint density at radius 1 is 1.00 bits per heavy atom. The summed E-state index contributed by atoms with van der Waals surface area (Å²) < 4.78 is 0. The van der Waals surface area contributed by atoms with Crippen LogP contribution in [0.15, 0.2) is 0 Å². The molecule has 0 bridgehead atoms. The second kappa shape index (κ2) is 16.3. The van der Waals surface area contributed by atoms with Gasteiger partial charge >= 0.3 is 102 Å². The van der Waals surface area contributed by atoms with Gasteiger partial charge in [-0.3, -0.25) is 0 Å². The van der Waals surface area contributed by atoms with E-state index >= 15 is 0 Å². The molecule has 0 heterocycles. The predicted molar refractivity (Wildman–Crippen MR) is 6.44 cm³/mol. The molecule has 0 saturated carbocycles. The van der Waals surface area contributed by atoms with Crippen molar-refractivity contribution < 1.29 is 69.5 Å². The van der Waals surface area contributed by atoms with E-state index < -0.39 is 0 Å². The average Bonchev–Trinajstić information content (AvgIpc) is 0. The van der Waals surface area contributed by atoms with Gasteiger partial charge in [0.05, 0.1) is 0 Å². The van der Waals surface area contributed by atoms with Crippen LogP contribution >= 0.6 is 0 Å². The molecule has 0 spiro atoms. The van der Waals surface area contributed by atoms with Crippen molar-refractivity contribution in [3.63, 3.8) is 0 Å². The van der Waals surface area contributed by atoms with Crippen LogP contribution in [0.2, 0.25) is 0 Å². The van der Waals surface area contributed by atoms with Crippen LogP contribution in [0.4, 0.5) is 0 Å². The van der Waals surface area contributed by atoms with E-state index in [-0.39, 0.29) is 107 Å². The molecule has 0 aromatic carbocycles. The second-order valence-electron chi connectivity index (χ2n) is 0. The summed E-state index contributed by atoms with van der Waals surface area (Å²) in [6, 6.07) is 0. The van der Waals surface area contributed by atoms with Crippen LogP contribution in [-0.2, 0) is 22.5 Å². The predicted octanol–water partition coefficient (Wildman–Crippen LogP) is -0.502. The molecule has 0 aliphatic rings. The van der Waals surface area contributed by atoms with Gasteiger partial charge in [-0.1, -0.05) is 0 Å². The first kappa shape index (κ1) is 26.8. The number of hydrogen-bond acceptors (Lipinski definition) is 0. The minimum atomic E-state index is 0. The van der Waals surface area contributed by atoms with E-state index in [1.807, 2.05) is 0 Å². The van der Waals surface area contributed by atoms with Crippen molar-refractivity contribution >= 4 is 37.7 Å². The van der Waals surface area contributed by atoms with Crippen LogP contribution in [0, 0.1) is 46.9 Å². The molecule has 0 unspecified atom stereocenters. The first-order valence-corrected chi connectivity index (χ1v) is 0. The van der Waals surface area contributed by atoms with Crippen molar-refractivity contribution in [1.29, 1.82) is 0 Å². The van der Waals surface area contributed by atoms with Gasteiger partial charge in [0.2, 0.25) is 0 Å². The summed E-state index contributed by atoms with van der Waals surface area (Å²) in [5, 5.41) is 0. The molecule has 0 N–H and O–H groups in total. The van der Waals surface area contributed by atoms with Crippen molar-refractivity contribution in [2.75, 3.05) is 0 Å². The average molecular weight is 284 g/mol. The van der Waals surface area contributed by atoms with E-state index in [9.17, 15) is 0 Å². The second-order valence-corrected chi connectivity index (χ2v) is 0. The Bertz CT molecular complexity index is 8.00. The molecule has 0 aliphatic heterocycles. The van der Waals surface area contributed by atoms with Crippen molar-refractivity contribution in [1.82, 2.24) is 0 Å².